The Morgan fingerprint density at radius 1 is 0.762 bits per heavy atom. The number of phenolic OH excluding ortho intramolecular Hbond substituents is 1. The minimum absolute atomic E-state index is 0. The molecular formula is C33H44ClFN2O3S2. The van der Waals surface area contributed by atoms with Gasteiger partial charge in [-0.1, -0.05) is 32.4 Å². The number of nitrogens with zero attached hydrogens (tertiary/aromatic N) is 2. The van der Waals surface area contributed by atoms with Crippen LogP contribution in [0.15, 0.2) is 82.8 Å². The monoisotopic (exact) mass is 635 g/mol. The number of alkyl halides is 2. The fraction of sp³-hybridized carbons (Fsp3) is 0.333. The minimum atomic E-state index is -1.00. The molecule has 0 bridgehead atoms. The zero-order chi connectivity index (χ0) is 31.0. The van der Waals surface area contributed by atoms with Crippen molar-refractivity contribution in [3.63, 3.8) is 0 Å². The second-order valence-electron chi connectivity index (χ2n) is 8.58. The summed E-state index contributed by atoms with van der Waals surface area (Å²) in [4.78, 5) is 13.5. The molecule has 0 unspecified atom stereocenters. The average Bonchev–Trinajstić information content (AvgIpc) is 3.62. The van der Waals surface area contributed by atoms with Crippen LogP contribution in [0.3, 0.4) is 0 Å². The lowest BCUT2D eigenvalue weighted by Gasteiger charge is -1.95. The molecule has 4 rings (SSSR count). The SMILES string of the molecule is C.Cc1ccc(C=Nc2ccc(CO)cc2)s1.Cc1ccc(C=Nc2ccc(O)cc2)s1.OCCCCCCCl.[2H]CF. The first-order chi connectivity index (χ1) is 20.3. The summed E-state index contributed by atoms with van der Waals surface area (Å²) in [5, 5.41) is 26.3. The Morgan fingerprint density at radius 2 is 1.21 bits per heavy atom. The van der Waals surface area contributed by atoms with Crippen molar-refractivity contribution in [1.82, 2.24) is 0 Å². The Labute approximate surface area is 265 Å². The maximum absolute atomic E-state index is 9.96. The highest BCUT2D eigenvalue weighted by atomic mass is 35.5. The van der Waals surface area contributed by atoms with Crippen LogP contribution in [0.4, 0.5) is 15.8 Å². The van der Waals surface area contributed by atoms with Crippen LogP contribution in [0.2, 0.25) is 0 Å². The molecule has 2 aromatic carbocycles. The van der Waals surface area contributed by atoms with E-state index < -0.39 is 7.15 Å². The van der Waals surface area contributed by atoms with Crippen LogP contribution in [0.5, 0.6) is 5.75 Å². The molecule has 0 fully saturated rings. The van der Waals surface area contributed by atoms with Crippen molar-refractivity contribution < 1.29 is 21.1 Å². The van der Waals surface area contributed by atoms with Crippen molar-refractivity contribution in [2.24, 2.45) is 9.98 Å². The standard InChI is InChI=1S/C13H13NOS.C12H11NOS.C6H13ClO.CH3F.CH4/c1-10-2-7-13(16-10)8-14-12-5-3-11(9-15)4-6-12;1-9-2-7-12(15-9)8-13-10-3-5-11(14)6-4-10;7-5-3-1-2-4-6-8;1-2;/h2-8,15H,9H2,1H3;2-8,14H,1H3;8H,1-6H2;1H3;1H4/i;;;1D;. The summed E-state index contributed by atoms with van der Waals surface area (Å²) in [7, 11) is -1.00. The molecular weight excluding hydrogens is 591 g/mol. The predicted octanol–water partition coefficient (Wildman–Crippen LogP) is 9.81. The summed E-state index contributed by atoms with van der Waals surface area (Å²) in [6, 6.07) is 22.7. The van der Waals surface area contributed by atoms with Crippen molar-refractivity contribution in [2.75, 3.05) is 19.6 Å². The van der Waals surface area contributed by atoms with E-state index in [0.717, 1.165) is 58.3 Å². The van der Waals surface area contributed by atoms with Gasteiger partial charge in [0.2, 0.25) is 0 Å². The molecule has 2 heterocycles. The number of unbranched alkanes of at least 4 members (excludes halogenated alkanes) is 3. The Morgan fingerprint density at radius 3 is 1.60 bits per heavy atom. The highest BCUT2D eigenvalue weighted by molar-refractivity contribution is 7.13. The molecule has 0 aliphatic heterocycles. The number of aliphatic hydroxyl groups is 2. The molecule has 9 heteroatoms. The molecule has 42 heavy (non-hydrogen) atoms. The van der Waals surface area contributed by atoms with Gasteiger partial charge in [0.1, 0.15) is 5.75 Å². The molecule has 0 aliphatic carbocycles. The third kappa shape index (κ3) is 17.8. The van der Waals surface area contributed by atoms with E-state index in [4.69, 9.17) is 28.3 Å². The third-order valence-corrected chi connectivity index (χ3v) is 7.35. The van der Waals surface area contributed by atoms with E-state index in [9.17, 15) is 4.39 Å². The number of thiophene rings is 2. The molecule has 0 radical (unpaired) electrons. The predicted molar refractivity (Wildman–Crippen MR) is 183 cm³/mol. The van der Waals surface area contributed by atoms with Crippen molar-refractivity contribution >= 4 is 58.1 Å². The first kappa shape index (κ1) is 37.1. The van der Waals surface area contributed by atoms with E-state index in [1.165, 1.54) is 9.75 Å². The maximum atomic E-state index is 9.96. The van der Waals surface area contributed by atoms with Gasteiger partial charge < -0.3 is 15.3 Å². The number of aliphatic hydroxyl groups excluding tert-OH is 2. The second-order valence-corrected chi connectivity index (χ2v) is 11.6. The van der Waals surface area contributed by atoms with Gasteiger partial charge in [-0.15, -0.1) is 34.3 Å². The summed E-state index contributed by atoms with van der Waals surface area (Å²) >= 11 is 8.85. The number of aryl methyl sites for hydroxylation is 2. The minimum Gasteiger partial charge on any atom is -0.508 e. The molecule has 230 valence electrons. The van der Waals surface area contributed by atoms with Gasteiger partial charge in [0.05, 0.1) is 26.5 Å². The molecule has 0 spiro atoms. The fourth-order valence-electron chi connectivity index (χ4n) is 3.11. The number of hydrogen-bond donors (Lipinski definition) is 3. The van der Waals surface area contributed by atoms with Gasteiger partial charge in [0.25, 0.3) is 0 Å². The van der Waals surface area contributed by atoms with Crippen molar-refractivity contribution in [2.45, 2.75) is 53.6 Å². The Bertz CT molecular complexity index is 1270. The second kappa shape index (κ2) is 24.7. The zero-order valence-corrected chi connectivity index (χ0v) is 25.9. The summed E-state index contributed by atoms with van der Waals surface area (Å²) in [6.07, 6.45) is 7.99. The van der Waals surface area contributed by atoms with E-state index in [2.05, 4.69) is 42.0 Å². The molecule has 0 saturated heterocycles. The Balaban J connectivity index is 0.000000609. The molecule has 5 nitrogen and oxygen atoms in total. The van der Waals surface area contributed by atoms with Crippen molar-refractivity contribution in [3.8, 4) is 5.75 Å². The smallest absolute Gasteiger partial charge is 0.115 e. The summed E-state index contributed by atoms with van der Waals surface area (Å²) < 4.78 is 15.5. The summed E-state index contributed by atoms with van der Waals surface area (Å²) in [5.74, 6) is 1.02. The maximum Gasteiger partial charge on any atom is 0.115 e. The van der Waals surface area contributed by atoms with Crippen LogP contribution < -0.4 is 0 Å². The molecule has 2 aromatic heterocycles. The van der Waals surface area contributed by atoms with Crippen molar-refractivity contribution in [3.05, 3.63) is 97.9 Å². The normalized spacial score (nSPS) is 10.5. The number of aliphatic imine (C=N–C) groups is 2. The molecule has 0 aliphatic rings. The molecule has 0 amide bonds. The zero-order valence-electron chi connectivity index (χ0n) is 24.5. The lowest BCUT2D eigenvalue weighted by molar-refractivity contribution is 0.282. The number of phenols is 1. The largest absolute Gasteiger partial charge is 0.508 e. The van der Waals surface area contributed by atoms with E-state index in [0.29, 0.717) is 6.61 Å². The third-order valence-electron chi connectivity index (χ3n) is 5.21. The van der Waals surface area contributed by atoms with E-state index in [-0.39, 0.29) is 19.8 Å². The Kier molecular flexibility index (Phi) is 21.8. The van der Waals surface area contributed by atoms with Gasteiger partial charge in [-0.25, -0.2) is 0 Å². The van der Waals surface area contributed by atoms with Gasteiger partial charge >= 0.3 is 0 Å². The van der Waals surface area contributed by atoms with Crippen LogP contribution in [0.1, 0.15) is 59.6 Å². The van der Waals surface area contributed by atoms with E-state index in [1.54, 1.807) is 46.9 Å². The number of rotatable bonds is 10. The van der Waals surface area contributed by atoms with Crippen molar-refractivity contribution in [1.29, 1.82) is 0 Å². The van der Waals surface area contributed by atoms with Crippen LogP contribution in [-0.4, -0.2) is 47.4 Å². The average molecular weight is 636 g/mol. The lowest BCUT2D eigenvalue weighted by Crippen LogP contribution is -1.82. The van der Waals surface area contributed by atoms with Gasteiger partial charge in [0, 0.05) is 44.4 Å². The molecule has 0 saturated carbocycles. The molecule has 0 atom stereocenters. The number of hydrogen-bond acceptors (Lipinski definition) is 7. The summed E-state index contributed by atoms with van der Waals surface area (Å²) in [6.45, 7) is 4.55. The van der Waals surface area contributed by atoms with Crippen LogP contribution >= 0.6 is 34.3 Å². The number of benzene rings is 2. The van der Waals surface area contributed by atoms with Gasteiger partial charge in [-0.2, -0.15) is 0 Å². The highest BCUT2D eigenvalue weighted by Gasteiger charge is 1.94. The fourth-order valence-corrected chi connectivity index (χ4v) is 4.80. The molecule has 4 aromatic rings. The van der Waals surface area contributed by atoms with E-state index >= 15 is 0 Å². The topological polar surface area (TPSA) is 85.4 Å². The van der Waals surface area contributed by atoms with Gasteiger partial charge in [0.15, 0.2) is 0 Å². The van der Waals surface area contributed by atoms with Crippen LogP contribution in [-0.2, 0) is 6.61 Å². The first-order valence-electron chi connectivity index (χ1n) is 13.8. The van der Waals surface area contributed by atoms with Crippen LogP contribution in [0, 0.1) is 13.8 Å². The van der Waals surface area contributed by atoms with Gasteiger partial charge in [-0.3, -0.25) is 14.4 Å². The summed E-state index contributed by atoms with van der Waals surface area (Å²) in [5.41, 5.74) is 2.66. The quantitative estimate of drug-likeness (QED) is 0.0921. The van der Waals surface area contributed by atoms with E-state index in [1.807, 2.05) is 42.8 Å². The number of aromatic hydroxyl groups is 1. The van der Waals surface area contributed by atoms with Gasteiger partial charge in [-0.05, 0) is 92.9 Å². The highest BCUT2D eigenvalue weighted by Crippen LogP contribution is 2.19. The molecule has 3 N–H and O–H groups in total. The van der Waals surface area contributed by atoms with Crippen LogP contribution in [0.25, 0.3) is 0 Å². The Hall–Kier alpha value is -2.88. The lowest BCUT2D eigenvalue weighted by atomic mass is 10.2. The first-order valence-corrected chi connectivity index (χ1v) is 15.2. The number of halogens is 2.